The molecule has 190 valence electrons. The van der Waals surface area contributed by atoms with E-state index < -0.39 is 6.04 Å². The van der Waals surface area contributed by atoms with Gasteiger partial charge in [0.05, 0.1) is 24.9 Å². The molecule has 10 nitrogen and oxygen atoms in total. The number of carbonyl (C=O) groups excluding carboxylic acids is 1. The van der Waals surface area contributed by atoms with Crippen LogP contribution >= 0.6 is 11.6 Å². The molecule has 0 unspecified atom stereocenters. The van der Waals surface area contributed by atoms with Gasteiger partial charge in [0.1, 0.15) is 17.6 Å². The lowest BCUT2D eigenvalue weighted by molar-refractivity contribution is -0.123. The molecule has 4 rings (SSSR count). The Morgan fingerprint density at radius 1 is 1.22 bits per heavy atom. The molecular formula is C25H29ClN6O4. The number of amides is 1. The first-order chi connectivity index (χ1) is 17.3. The highest BCUT2D eigenvalue weighted by molar-refractivity contribution is 6.30. The number of benzene rings is 2. The third kappa shape index (κ3) is 6.27. The summed E-state index contributed by atoms with van der Waals surface area (Å²) in [6, 6.07) is 12.8. The number of halogens is 1. The Morgan fingerprint density at radius 2 is 1.92 bits per heavy atom. The molecule has 3 aromatic rings. The van der Waals surface area contributed by atoms with Gasteiger partial charge in [-0.2, -0.15) is 0 Å². The Kier molecular flexibility index (Phi) is 9.15. The minimum atomic E-state index is -0.505. The van der Waals surface area contributed by atoms with Gasteiger partial charge in [-0.3, -0.25) is 19.1 Å². The van der Waals surface area contributed by atoms with Crippen LogP contribution in [0.4, 0.5) is 0 Å². The number of aliphatic imine (C=N–C) groups is 1. The molecule has 1 aliphatic heterocycles. The summed E-state index contributed by atoms with van der Waals surface area (Å²) >= 11 is 6.14. The van der Waals surface area contributed by atoms with Gasteiger partial charge >= 0.3 is 0 Å². The quantitative estimate of drug-likeness (QED) is 0.467. The van der Waals surface area contributed by atoms with E-state index in [4.69, 9.17) is 31.2 Å². The van der Waals surface area contributed by atoms with Crippen LogP contribution in [0.25, 0.3) is 5.69 Å². The van der Waals surface area contributed by atoms with Crippen LogP contribution in [-0.4, -0.2) is 77.2 Å². The predicted octanol–water partition coefficient (Wildman–Crippen LogP) is 2.90. The van der Waals surface area contributed by atoms with Crippen molar-refractivity contribution in [3.8, 4) is 11.4 Å². The number of likely N-dealkylation sites (N-methyl/N-ethyl adjacent to an activating group) is 1. The summed E-state index contributed by atoms with van der Waals surface area (Å²) in [4.78, 5) is 28.2. The first-order valence-electron chi connectivity index (χ1n) is 11.2. The number of fused-ring (bicyclic) bond motifs is 3. The van der Waals surface area contributed by atoms with Gasteiger partial charge < -0.3 is 20.1 Å². The van der Waals surface area contributed by atoms with Crippen molar-refractivity contribution in [1.82, 2.24) is 25.0 Å². The zero-order chi connectivity index (χ0) is 26.2. The van der Waals surface area contributed by atoms with E-state index in [1.54, 1.807) is 7.11 Å². The molecule has 1 atom stereocenters. The molecule has 0 spiro atoms. The molecule has 2 heterocycles. The van der Waals surface area contributed by atoms with E-state index in [0.717, 1.165) is 34.9 Å². The van der Waals surface area contributed by atoms with Crippen molar-refractivity contribution in [3.05, 3.63) is 70.3 Å². The average molecular weight is 513 g/mol. The summed E-state index contributed by atoms with van der Waals surface area (Å²) in [5, 5.41) is 19.2. The third-order valence-corrected chi connectivity index (χ3v) is 5.76. The van der Waals surface area contributed by atoms with E-state index >= 15 is 0 Å². The fraction of sp³-hybridized carbons (Fsp3) is 0.320. The van der Waals surface area contributed by atoms with Gasteiger partial charge in [-0.25, -0.2) is 0 Å². The minimum absolute atomic E-state index is 0.0863. The summed E-state index contributed by atoms with van der Waals surface area (Å²) in [5.74, 6) is 1.98. The molecular weight excluding hydrogens is 484 g/mol. The number of carboxylic acid groups (broad SMARTS) is 1. The monoisotopic (exact) mass is 512 g/mol. The zero-order valence-electron chi connectivity index (χ0n) is 20.6. The summed E-state index contributed by atoms with van der Waals surface area (Å²) in [6.07, 6.45) is 0.160. The number of methoxy groups -OCH3 is 1. The molecule has 1 aromatic heterocycles. The van der Waals surface area contributed by atoms with Gasteiger partial charge in [0.2, 0.25) is 5.91 Å². The van der Waals surface area contributed by atoms with Crippen molar-refractivity contribution in [2.24, 2.45) is 4.99 Å². The number of rotatable bonds is 7. The summed E-state index contributed by atoms with van der Waals surface area (Å²) in [7, 11) is 5.57. The van der Waals surface area contributed by atoms with Crippen molar-refractivity contribution in [2.75, 3.05) is 34.3 Å². The Morgan fingerprint density at radius 3 is 2.56 bits per heavy atom. The number of aryl methyl sites for hydroxylation is 1. The minimum Gasteiger partial charge on any atom is -0.497 e. The van der Waals surface area contributed by atoms with Crippen LogP contribution in [0, 0.1) is 6.92 Å². The Bertz CT molecular complexity index is 1240. The van der Waals surface area contributed by atoms with Gasteiger partial charge in [-0.05, 0) is 51.4 Å². The maximum absolute atomic E-state index is 12.8. The molecule has 0 saturated carbocycles. The molecule has 0 aliphatic carbocycles. The fourth-order valence-electron chi connectivity index (χ4n) is 3.84. The van der Waals surface area contributed by atoms with E-state index in [-0.39, 0.29) is 18.8 Å². The first kappa shape index (κ1) is 26.8. The highest BCUT2D eigenvalue weighted by Gasteiger charge is 2.30. The molecule has 0 saturated heterocycles. The molecule has 0 radical (unpaired) electrons. The number of nitrogens with one attached hydrogen (secondary N) is 1. The van der Waals surface area contributed by atoms with E-state index in [1.165, 1.54) is 0 Å². The normalized spacial score (nSPS) is 13.9. The van der Waals surface area contributed by atoms with Crippen molar-refractivity contribution >= 4 is 29.7 Å². The number of hydrogen-bond donors (Lipinski definition) is 2. The van der Waals surface area contributed by atoms with Crippen LogP contribution in [0.3, 0.4) is 0 Å². The van der Waals surface area contributed by atoms with Crippen LogP contribution in [-0.2, 0) is 9.59 Å². The smallest absolute Gasteiger partial charge is 0.290 e. The van der Waals surface area contributed by atoms with Crippen molar-refractivity contribution < 1.29 is 19.4 Å². The van der Waals surface area contributed by atoms with Crippen molar-refractivity contribution in [2.45, 2.75) is 19.4 Å². The molecule has 2 aromatic carbocycles. The number of aromatic nitrogens is 3. The Labute approximate surface area is 214 Å². The largest absolute Gasteiger partial charge is 0.497 e. The summed E-state index contributed by atoms with van der Waals surface area (Å²) in [6.45, 7) is 2.97. The summed E-state index contributed by atoms with van der Waals surface area (Å²) < 4.78 is 7.47. The highest BCUT2D eigenvalue weighted by Crippen LogP contribution is 2.34. The predicted molar refractivity (Wildman–Crippen MR) is 137 cm³/mol. The van der Waals surface area contributed by atoms with E-state index in [0.29, 0.717) is 23.1 Å². The Balaban J connectivity index is 0.00000115. The maximum Gasteiger partial charge on any atom is 0.290 e. The molecule has 11 heteroatoms. The van der Waals surface area contributed by atoms with E-state index in [2.05, 4.69) is 15.5 Å². The molecule has 1 aliphatic rings. The second kappa shape index (κ2) is 12.3. The first-order valence-corrected chi connectivity index (χ1v) is 11.6. The van der Waals surface area contributed by atoms with Crippen LogP contribution < -0.4 is 10.1 Å². The number of carbonyl (C=O) groups is 2. The second-order valence-corrected chi connectivity index (χ2v) is 8.72. The highest BCUT2D eigenvalue weighted by atomic mass is 35.5. The van der Waals surface area contributed by atoms with Gasteiger partial charge in [0.15, 0.2) is 5.82 Å². The van der Waals surface area contributed by atoms with Crippen LogP contribution in [0.5, 0.6) is 5.75 Å². The lowest BCUT2D eigenvalue weighted by Gasteiger charge is -2.14. The molecule has 36 heavy (non-hydrogen) atoms. The lowest BCUT2D eigenvalue weighted by Crippen LogP contribution is -2.32. The lowest BCUT2D eigenvalue weighted by atomic mass is 10.00. The number of ether oxygens (including phenoxy) is 1. The standard InChI is InChI=1S/C24H27ClN6O2.CH2O2/c1-15-28-29-24-20(14-22(32)26-11-12-30(2)3)27-23(16-5-7-17(25)8-6-16)19-13-18(33-4)9-10-21(19)31(15)24;2-1-3/h5-10,13,20H,11-12,14H2,1-4H3,(H,26,32);1H,(H,2,3)/t20-;/m0./s1. The van der Waals surface area contributed by atoms with Gasteiger partial charge in [-0.15, -0.1) is 10.2 Å². The Hall–Kier alpha value is -3.76. The average Bonchev–Trinajstić information content (AvgIpc) is 3.17. The third-order valence-electron chi connectivity index (χ3n) is 5.51. The molecule has 2 N–H and O–H groups in total. The summed E-state index contributed by atoms with van der Waals surface area (Å²) in [5.41, 5.74) is 3.40. The molecule has 0 fully saturated rings. The fourth-order valence-corrected chi connectivity index (χ4v) is 3.97. The van der Waals surface area contributed by atoms with Crippen molar-refractivity contribution in [1.29, 1.82) is 0 Å². The number of nitrogens with zero attached hydrogens (tertiary/aromatic N) is 5. The van der Waals surface area contributed by atoms with Crippen molar-refractivity contribution in [3.63, 3.8) is 0 Å². The zero-order valence-corrected chi connectivity index (χ0v) is 21.4. The van der Waals surface area contributed by atoms with Crippen LogP contribution in [0.2, 0.25) is 5.02 Å². The maximum atomic E-state index is 12.8. The van der Waals surface area contributed by atoms with Gasteiger partial charge in [0.25, 0.3) is 6.47 Å². The van der Waals surface area contributed by atoms with Gasteiger partial charge in [0, 0.05) is 29.2 Å². The number of hydrogen-bond acceptors (Lipinski definition) is 7. The van der Waals surface area contributed by atoms with Gasteiger partial charge in [-0.1, -0.05) is 23.7 Å². The topological polar surface area (TPSA) is 122 Å². The van der Waals surface area contributed by atoms with E-state index in [9.17, 15) is 4.79 Å². The molecule has 0 bridgehead atoms. The second-order valence-electron chi connectivity index (χ2n) is 8.29. The SMILES string of the molecule is COc1ccc2c(c1)C(c1ccc(Cl)cc1)=N[C@@H](CC(=O)NCCN(C)C)c1nnc(C)n1-2.O=CO. The van der Waals surface area contributed by atoms with Crippen LogP contribution in [0.15, 0.2) is 47.5 Å². The van der Waals surface area contributed by atoms with E-state index in [1.807, 2.05) is 73.0 Å². The molecule has 1 amide bonds. The van der Waals surface area contributed by atoms with Crippen LogP contribution in [0.1, 0.15) is 35.2 Å².